The first-order valence-corrected chi connectivity index (χ1v) is 22.9. The Hall–Kier alpha value is -2.28. The van der Waals surface area contributed by atoms with Gasteiger partial charge in [-0.3, -0.25) is 19.2 Å². The van der Waals surface area contributed by atoms with Crippen molar-refractivity contribution >= 4 is 23.9 Å². The molecule has 0 aromatic carbocycles. The van der Waals surface area contributed by atoms with Crippen LogP contribution in [0.5, 0.6) is 0 Å². The minimum Gasteiger partial charge on any atom is -0.481 e. The Morgan fingerprint density at radius 3 is 1.04 bits per heavy atom. The van der Waals surface area contributed by atoms with Crippen LogP contribution in [0, 0.1) is 91.7 Å². The Kier molecular flexibility index (Phi) is 10.7. The van der Waals surface area contributed by atoms with Crippen LogP contribution in [0.15, 0.2) is 0 Å². The maximum absolute atomic E-state index is 15.8. The number of carbonyl (C=O) groups is 4. The van der Waals surface area contributed by atoms with Gasteiger partial charge in [-0.1, -0.05) is 77.0 Å². The molecule has 0 aromatic rings. The number of hydrogen-bond acceptors (Lipinski definition) is 8. The van der Waals surface area contributed by atoms with Gasteiger partial charge >= 0.3 is 23.9 Å². The fourth-order valence-corrected chi connectivity index (χ4v) is 17.8. The number of nitrogens with two attached hydrogens (primary N) is 4. The van der Waals surface area contributed by atoms with E-state index in [4.69, 9.17) is 22.9 Å². The van der Waals surface area contributed by atoms with E-state index in [1.165, 1.54) is 0 Å². The lowest BCUT2D eigenvalue weighted by Crippen LogP contribution is -2.79. The quantitative estimate of drug-likeness (QED) is 0.102. The Morgan fingerprint density at radius 2 is 0.737 bits per heavy atom. The second kappa shape index (κ2) is 14.7. The molecule has 12 heteroatoms. The van der Waals surface area contributed by atoms with Gasteiger partial charge in [-0.05, 0) is 142 Å². The second-order valence-corrected chi connectivity index (χ2v) is 21.7. The van der Waals surface area contributed by atoms with E-state index in [-0.39, 0.29) is 99.2 Å². The van der Waals surface area contributed by atoms with Gasteiger partial charge in [0.2, 0.25) is 0 Å². The first-order valence-electron chi connectivity index (χ1n) is 22.9. The highest BCUT2D eigenvalue weighted by Gasteiger charge is 2.88. The third-order valence-corrected chi connectivity index (χ3v) is 19.7. The van der Waals surface area contributed by atoms with Crippen molar-refractivity contribution in [1.29, 1.82) is 0 Å². The van der Waals surface area contributed by atoms with Gasteiger partial charge in [0.05, 0.1) is 11.8 Å². The highest BCUT2D eigenvalue weighted by atomic mass is 16.4. The molecule has 8 rings (SSSR count). The molecule has 13 atom stereocenters. The summed E-state index contributed by atoms with van der Waals surface area (Å²) in [5.74, 6) is -8.82. The van der Waals surface area contributed by atoms with Gasteiger partial charge < -0.3 is 43.4 Å². The molecule has 0 spiro atoms. The van der Waals surface area contributed by atoms with Crippen molar-refractivity contribution in [2.45, 2.75) is 135 Å². The van der Waals surface area contributed by atoms with Crippen LogP contribution >= 0.6 is 0 Å². The molecule has 8 saturated carbocycles. The predicted octanol–water partition coefficient (Wildman–Crippen LogP) is 5.54. The molecule has 12 N–H and O–H groups in total. The summed E-state index contributed by atoms with van der Waals surface area (Å²) in [6, 6.07) is 0. The van der Waals surface area contributed by atoms with E-state index in [2.05, 4.69) is 0 Å². The molecule has 12 nitrogen and oxygen atoms in total. The Labute approximate surface area is 338 Å². The lowest BCUT2D eigenvalue weighted by molar-refractivity contribution is -0.262. The van der Waals surface area contributed by atoms with Crippen molar-refractivity contribution in [3.05, 3.63) is 0 Å². The highest BCUT2D eigenvalue weighted by molar-refractivity contribution is 5.97. The summed E-state index contributed by atoms with van der Waals surface area (Å²) >= 11 is 0. The Morgan fingerprint density at radius 1 is 0.439 bits per heavy atom. The fraction of sp³-hybridized carbons (Fsp3) is 0.911. The molecule has 8 fully saturated rings. The molecule has 320 valence electrons. The summed E-state index contributed by atoms with van der Waals surface area (Å²) in [6.45, 7) is -0.807. The standard InChI is InChI=1S/C45H72N4O8/c46-22-40(14-26-7-2-1-3-8-27(26)15-40)34(36(50)51)44(38(54)55,42(24-48)18-30-11-6-12-31(30)19-42)45(39(56)57,43(25-49)20-32-13-33(32)21-43)35(37(52)53)41(23-47)16-28-9-4-5-10-29(28)17-41/h26-35H,1-25,46-49H2,(H,50,51)(H,52,53)(H,54,55)(H,56,57)/t26?,27?,28?,29?,30?,31?,32-,33+,34?,35-,40?,41?,42?,43-,44?,45?/m0/s1. The van der Waals surface area contributed by atoms with Crippen molar-refractivity contribution in [1.82, 2.24) is 0 Å². The summed E-state index contributed by atoms with van der Waals surface area (Å²) in [5, 5.41) is 49.9. The Bertz CT molecular complexity index is 1550. The van der Waals surface area contributed by atoms with E-state index in [0.717, 1.165) is 83.5 Å². The molecule has 0 saturated heterocycles. The van der Waals surface area contributed by atoms with Gasteiger partial charge in [0.1, 0.15) is 10.8 Å². The topological polar surface area (TPSA) is 253 Å². The zero-order valence-corrected chi connectivity index (χ0v) is 34.2. The van der Waals surface area contributed by atoms with Crippen LogP contribution in [0.3, 0.4) is 0 Å². The molecular weight excluding hydrogens is 725 g/mol. The smallest absolute Gasteiger partial charge is 0.312 e. The summed E-state index contributed by atoms with van der Waals surface area (Å²) in [4.78, 5) is 61.4. The minimum absolute atomic E-state index is 0.0311. The fourth-order valence-electron chi connectivity index (χ4n) is 17.8. The van der Waals surface area contributed by atoms with E-state index in [1.807, 2.05) is 0 Å². The number of carboxylic acid groups (broad SMARTS) is 4. The first kappa shape index (κ1) is 41.5. The molecule has 0 amide bonds. The molecule has 0 heterocycles. The van der Waals surface area contributed by atoms with Crippen LogP contribution in [0.4, 0.5) is 0 Å². The zero-order chi connectivity index (χ0) is 40.8. The van der Waals surface area contributed by atoms with Gasteiger partial charge in [-0.25, -0.2) is 0 Å². The SMILES string of the molecule is NCC1(C(C(=O)O)C(C(=O)O)(C2(CN)CC3CCCC3C2)C(C(=O)O)([C@@H](C(=O)O)C2(CN)CC3CCCCC3C2)[C@]2(CN)C[C@H]3C[C@H]3C2)CC2CCCCCC2C1. The minimum atomic E-state index is -2.69. The summed E-state index contributed by atoms with van der Waals surface area (Å²) in [5.41, 5.74) is 16.8. The molecule has 0 aromatic heterocycles. The third kappa shape index (κ3) is 5.63. The maximum Gasteiger partial charge on any atom is 0.312 e. The number of rotatable bonds is 15. The van der Waals surface area contributed by atoms with Gasteiger partial charge in [0.15, 0.2) is 0 Å². The monoisotopic (exact) mass is 797 g/mol. The van der Waals surface area contributed by atoms with Crippen LogP contribution in [-0.2, 0) is 19.2 Å². The van der Waals surface area contributed by atoms with Crippen LogP contribution < -0.4 is 22.9 Å². The lowest BCUT2D eigenvalue weighted by Gasteiger charge is -2.68. The van der Waals surface area contributed by atoms with Crippen molar-refractivity contribution in [2.75, 3.05) is 26.2 Å². The lowest BCUT2D eigenvalue weighted by atomic mass is 9.31. The van der Waals surface area contributed by atoms with Crippen LogP contribution in [0.1, 0.15) is 135 Å². The van der Waals surface area contributed by atoms with E-state index in [0.29, 0.717) is 25.7 Å². The molecule has 57 heavy (non-hydrogen) atoms. The zero-order valence-electron chi connectivity index (χ0n) is 34.2. The maximum atomic E-state index is 15.8. The summed E-state index contributed by atoms with van der Waals surface area (Å²) < 4.78 is 0. The Balaban J connectivity index is 1.51. The molecular formula is C45H72N4O8. The van der Waals surface area contributed by atoms with E-state index < -0.39 is 68.2 Å². The number of aliphatic carboxylic acids is 4. The highest BCUT2D eigenvalue weighted by Crippen LogP contribution is 2.81. The molecule has 0 bridgehead atoms. The number of fused-ring (bicyclic) bond motifs is 4. The van der Waals surface area contributed by atoms with Crippen LogP contribution in [0.2, 0.25) is 0 Å². The van der Waals surface area contributed by atoms with Crippen LogP contribution in [-0.4, -0.2) is 70.5 Å². The molecule has 8 aliphatic rings. The largest absolute Gasteiger partial charge is 0.481 e. The summed E-state index contributed by atoms with van der Waals surface area (Å²) in [6.07, 6.45) is 14.4. The average molecular weight is 797 g/mol. The van der Waals surface area contributed by atoms with Crippen molar-refractivity contribution in [3.8, 4) is 0 Å². The van der Waals surface area contributed by atoms with E-state index >= 15 is 9.59 Å². The van der Waals surface area contributed by atoms with Gasteiger partial charge in [0, 0.05) is 10.8 Å². The third-order valence-electron chi connectivity index (χ3n) is 19.7. The van der Waals surface area contributed by atoms with Gasteiger partial charge in [0.25, 0.3) is 0 Å². The number of hydrogen-bond donors (Lipinski definition) is 8. The first-order chi connectivity index (χ1) is 27.2. The van der Waals surface area contributed by atoms with Gasteiger partial charge in [-0.2, -0.15) is 0 Å². The average Bonchev–Trinajstić information content (AvgIpc) is 3.63. The van der Waals surface area contributed by atoms with E-state index in [1.54, 1.807) is 0 Å². The summed E-state index contributed by atoms with van der Waals surface area (Å²) in [7, 11) is 0. The van der Waals surface area contributed by atoms with Crippen molar-refractivity contribution < 1.29 is 39.6 Å². The van der Waals surface area contributed by atoms with Crippen molar-refractivity contribution in [3.63, 3.8) is 0 Å². The molecule has 0 aliphatic heterocycles. The molecule has 8 aliphatic carbocycles. The van der Waals surface area contributed by atoms with E-state index in [9.17, 15) is 30.0 Å². The van der Waals surface area contributed by atoms with Crippen molar-refractivity contribution in [2.24, 2.45) is 115 Å². The van der Waals surface area contributed by atoms with Gasteiger partial charge in [-0.15, -0.1) is 0 Å². The number of carboxylic acids is 4. The second-order valence-electron chi connectivity index (χ2n) is 21.7. The normalized spacial score (nSPS) is 45.3. The predicted molar refractivity (Wildman–Crippen MR) is 213 cm³/mol. The molecule has 0 radical (unpaired) electrons. The van der Waals surface area contributed by atoms with Crippen LogP contribution in [0.25, 0.3) is 0 Å². The molecule has 9 unspecified atom stereocenters.